The van der Waals surface area contributed by atoms with Gasteiger partial charge in [-0.1, -0.05) is 5.11 Å². The summed E-state index contributed by atoms with van der Waals surface area (Å²) in [6.45, 7) is 1.24. The molecule has 0 fully saturated rings. The molecule has 1 aromatic rings. The van der Waals surface area contributed by atoms with Crippen molar-refractivity contribution >= 4 is 11.3 Å². The molecule has 0 atom stereocenters. The van der Waals surface area contributed by atoms with Gasteiger partial charge in [0.15, 0.2) is 0 Å². The van der Waals surface area contributed by atoms with E-state index in [0.717, 1.165) is 11.6 Å². The molecule has 70 valence electrons. The van der Waals surface area contributed by atoms with Gasteiger partial charge in [-0.2, -0.15) is 0 Å². The lowest BCUT2D eigenvalue weighted by Crippen LogP contribution is -2.09. The number of nitrogens with zero attached hydrogens (tertiary/aromatic N) is 5. The van der Waals surface area contributed by atoms with Crippen LogP contribution in [-0.2, 0) is 13.1 Å². The maximum absolute atomic E-state index is 8.11. The Morgan fingerprint density at radius 1 is 1.69 bits per heavy atom. The lowest BCUT2D eigenvalue weighted by molar-refractivity contribution is 0.406. The Morgan fingerprint density at radius 3 is 3.08 bits per heavy atom. The largest absolute Gasteiger partial charge is 0.304 e. The molecule has 0 aliphatic carbocycles. The molecular formula is C7H11N5S. The maximum Gasteiger partial charge on any atom is 0.0986 e. The van der Waals surface area contributed by atoms with Crippen LogP contribution in [0.5, 0.6) is 0 Å². The molecule has 5 nitrogen and oxygen atoms in total. The van der Waals surface area contributed by atoms with Crippen molar-refractivity contribution in [1.82, 2.24) is 9.88 Å². The number of rotatable bonds is 4. The molecule has 0 aromatic carbocycles. The van der Waals surface area contributed by atoms with Gasteiger partial charge in [0.05, 0.1) is 11.6 Å². The van der Waals surface area contributed by atoms with Crippen LogP contribution in [-0.4, -0.2) is 24.0 Å². The highest BCUT2D eigenvalue weighted by atomic mass is 32.1. The molecule has 0 bridgehead atoms. The van der Waals surface area contributed by atoms with Crippen molar-refractivity contribution in [3.8, 4) is 0 Å². The van der Waals surface area contributed by atoms with Gasteiger partial charge >= 0.3 is 0 Å². The summed E-state index contributed by atoms with van der Waals surface area (Å²) >= 11 is 1.58. The van der Waals surface area contributed by atoms with Gasteiger partial charge in [0.2, 0.25) is 0 Å². The summed E-state index contributed by atoms with van der Waals surface area (Å²) in [5.74, 6) is 0. The molecule has 0 spiro atoms. The number of hydrogen-bond acceptors (Lipinski definition) is 4. The van der Waals surface area contributed by atoms with E-state index in [0.29, 0.717) is 6.54 Å². The molecule has 6 heteroatoms. The standard InChI is InChI=1S/C7H11N5S/c1-12(2)5-6-3-9-7(13-6)4-10-11-8/h3H,4-5H2,1-2H3. The Labute approximate surface area is 80.6 Å². The normalized spacial score (nSPS) is 10.1. The zero-order chi connectivity index (χ0) is 9.68. The molecule has 1 rings (SSSR count). The van der Waals surface area contributed by atoms with Crippen molar-refractivity contribution in [1.29, 1.82) is 0 Å². The molecule has 0 saturated heterocycles. The number of thiazole rings is 1. The van der Waals surface area contributed by atoms with Crippen molar-refractivity contribution in [2.75, 3.05) is 14.1 Å². The minimum Gasteiger partial charge on any atom is -0.304 e. The van der Waals surface area contributed by atoms with Crippen molar-refractivity contribution in [2.24, 2.45) is 5.11 Å². The lowest BCUT2D eigenvalue weighted by atomic mass is 10.5. The molecule has 0 aliphatic rings. The molecule has 13 heavy (non-hydrogen) atoms. The Morgan fingerprint density at radius 2 is 2.46 bits per heavy atom. The zero-order valence-electron chi connectivity index (χ0n) is 7.64. The average Bonchev–Trinajstić information content (AvgIpc) is 2.48. The zero-order valence-corrected chi connectivity index (χ0v) is 8.45. The third-order valence-electron chi connectivity index (χ3n) is 1.34. The van der Waals surface area contributed by atoms with Gasteiger partial charge in [0.1, 0.15) is 0 Å². The fourth-order valence-corrected chi connectivity index (χ4v) is 1.86. The summed E-state index contributed by atoms with van der Waals surface area (Å²) in [6.07, 6.45) is 1.83. The van der Waals surface area contributed by atoms with Crippen molar-refractivity contribution in [2.45, 2.75) is 13.1 Å². The van der Waals surface area contributed by atoms with E-state index in [9.17, 15) is 0 Å². The van der Waals surface area contributed by atoms with Crippen molar-refractivity contribution in [3.63, 3.8) is 0 Å². The van der Waals surface area contributed by atoms with Crippen LogP contribution in [0.3, 0.4) is 0 Å². The van der Waals surface area contributed by atoms with E-state index in [-0.39, 0.29) is 0 Å². The summed E-state index contributed by atoms with van der Waals surface area (Å²) in [5, 5.41) is 4.32. The summed E-state index contributed by atoms with van der Waals surface area (Å²) in [4.78, 5) is 10.1. The van der Waals surface area contributed by atoms with Crippen molar-refractivity contribution < 1.29 is 0 Å². The van der Waals surface area contributed by atoms with E-state index >= 15 is 0 Å². The van der Waals surface area contributed by atoms with Crippen LogP contribution in [0.1, 0.15) is 9.88 Å². The molecule has 0 saturated carbocycles. The number of azide groups is 1. The predicted molar refractivity (Wildman–Crippen MR) is 52.4 cm³/mol. The first kappa shape index (κ1) is 9.98. The molecule has 0 radical (unpaired) electrons. The van der Waals surface area contributed by atoms with Gasteiger partial charge in [-0.05, 0) is 19.6 Å². The summed E-state index contributed by atoms with van der Waals surface area (Å²) < 4.78 is 0. The third-order valence-corrected chi connectivity index (χ3v) is 2.31. The fourth-order valence-electron chi connectivity index (χ4n) is 0.898. The van der Waals surface area contributed by atoms with Crippen LogP contribution in [0.15, 0.2) is 11.3 Å². The smallest absolute Gasteiger partial charge is 0.0986 e. The van der Waals surface area contributed by atoms with E-state index in [1.54, 1.807) is 11.3 Å². The molecule has 1 heterocycles. The predicted octanol–water partition coefficient (Wildman–Crippen LogP) is 2.02. The maximum atomic E-state index is 8.11. The molecule has 0 aliphatic heterocycles. The highest BCUT2D eigenvalue weighted by Gasteiger charge is 2.01. The third kappa shape index (κ3) is 3.42. The highest BCUT2D eigenvalue weighted by molar-refractivity contribution is 7.11. The molecule has 0 amide bonds. The second-order valence-electron chi connectivity index (χ2n) is 2.85. The van der Waals surface area contributed by atoms with Gasteiger partial charge < -0.3 is 4.90 Å². The Bertz CT molecular complexity index is 312. The minimum atomic E-state index is 0.356. The van der Waals surface area contributed by atoms with Crippen LogP contribution < -0.4 is 0 Å². The average molecular weight is 197 g/mol. The monoisotopic (exact) mass is 197 g/mol. The summed E-state index contributed by atoms with van der Waals surface area (Å²) in [7, 11) is 4.01. The summed E-state index contributed by atoms with van der Waals surface area (Å²) in [5.41, 5.74) is 8.11. The number of aromatic nitrogens is 1. The van der Waals surface area contributed by atoms with E-state index in [1.165, 1.54) is 4.88 Å². The van der Waals surface area contributed by atoms with E-state index in [4.69, 9.17) is 5.53 Å². The van der Waals surface area contributed by atoms with Crippen LogP contribution in [0.4, 0.5) is 0 Å². The fraction of sp³-hybridized carbons (Fsp3) is 0.571. The van der Waals surface area contributed by atoms with Crippen LogP contribution in [0.2, 0.25) is 0 Å². The topological polar surface area (TPSA) is 64.9 Å². The minimum absolute atomic E-state index is 0.356. The van der Waals surface area contributed by atoms with Gasteiger partial charge in [0.25, 0.3) is 0 Å². The lowest BCUT2D eigenvalue weighted by Gasteiger charge is -2.05. The van der Waals surface area contributed by atoms with Crippen molar-refractivity contribution in [3.05, 3.63) is 26.5 Å². The van der Waals surface area contributed by atoms with Crippen LogP contribution >= 0.6 is 11.3 Å². The molecule has 1 aromatic heterocycles. The number of hydrogen-bond donors (Lipinski definition) is 0. The Balaban J connectivity index is 2.58. The first-order valence-electron chi connectivity index (χ1n) is 3.81. The quantitative estimate of drug-likeness (QED) is 0.421. The molecular weight excluding hydrogens is 186 g/mol. The second-order valence-corrected chi connectivity index (χ2v) is 4.05. The van der Waals surface area contributed by atoms with E-state index < -0.39 is 0 Å². The van der Waals surface area contributed by atoms with E-state index in [1.807, 2.05) is 20.3 Å². The van der Waals surface area contributed by atoms with E-state index in [2.05, 4.69) is 19.9 Å². The van der Waals surface area contributed by atoms with Crippen LogP contribution in [0.25, 0.3) is 10.4 Å². The molecule has 0 unspecified atom stereocenters. The van der Waals surface area contributed by atoms with Gasteiger partial charge in [-0.3, -0.25) is 0 Å². The van der Waals surface area contributed by atoms with Gasteiger partial charge in [0, 0.05) is 22.5 Å². The Kier molecular flexibility index (Phi) is 3.70. The first-order valence-corrected chi connectivity index (χ1v) is 4.63. The molecule has 0 N–H and O–H groups in total. The van der Waals surface area contributed by atoms with Gasteiger partial charge in [-0.15, -0.1) is 11.3 Å². The Hall–Kier alpha value is -1.10. The SMILES string of the molecule is CN(C)Cc1cnc(CN=[N+]=[N-])s1. The van der Waals surface area contributed by atoms with Crippen LogP contribution in [0, 0.1) is 0 Å². The first-order chi connectivity index (χ1) is 6.22. The summed E-state index contributed by atoms with van der Waals surface area (Å²) in [6, 6.07) is 0. The van der Waals surface area contributed by atoms with Gasteiger partial charge in [-0.25, -0.2) is 4.98 Å². The highest BCUT2D eigenvalue weighted by Crippen LogP contribution is 2.14. The second kappa shape index (κ2) is 4.81.